The topological polar surface area (TPSA) is 58.5 Å². The van der Waals surface area contributed by atoms with Gasteiger partial charge in [0.05, 0.1) is 13.1 Å². The van der Waals surface area contributed by atoms with Crippen molar-refractivity contribution in [2.45, 2.75) is 26.2 Å². The van der Waals surface area contributed by atoms with Crippen molar-refractivity contribution in [1.82, 2.24) is 15.6 Å². The summed E-state index contributed by atoms with van der Waals surface area (Å²) in [4.78, 5) is 8.06. The fourth-order valence-electron chi connectivity index (χ4n) is 2.11. The van der Waals surface area contributed by atoms with E-state index in [-0.39, 0.29) is 6.54 Å². The molecule has 0 aliphatic carbocycles. The number of nitrogens with zero attached hydrogens (tertiary/aromatic N) is 2. The van der Waals surface area contributed by atoms with E-state index in [1.165, 1.54) is 0 Å². The lowest BCUT2D eigenvalue weighted by Crippen LogP contribution is -2.36. The zero-order valence-electron chi connectivity index (χ0n) is 14.8. The first-order valence-electron chi connectivity index (χ1n) is 8.29. The van der Waals surface area contributed by atoms with Crippen molar-refractivity contribution in [3.05, 3.63) is 58.6 Å². The Labute approximate surface area is 160 Å². The summed E-state index contributed by atoms with van der Waals surface area (Å²) in [6, 6.07) is 7.51. The van der Waals surface area contributed by atoms with Gasteiger partial charge in [-0.2, -0.15) is 13.2 Å². The van der Waals surface area contributed by atoms with E-state index in [1.807, 2.05) is 31.2 Å². The molecular weight excluding hydrogens is 377 g/mol. The van der Waals surface area contributed by atoms with E-state index in [0.717, 1.165) is 22.3 Å². The number of para-hydroxylation sites is 1. The number of aromatic nitrogens is 1. The van der Waals surface area contributed by atoms with Gasteiger partial charge in [-0.15, -0.1) is 11.3 Å². The van der Waals surface area contributed by atoms with Crippen LogP contribution in [0.2, 0.25) is 0 Å². The number of aliphatic imine (C=N–C) groups is 1. The number of guanidine groups is 1. The summed E-state index contributed by atoms with van der Waals surface area (Å²) in [5, 5.41) is 7.40. The van der Waals surface area contributed by atoms with Crippen LogP contribution in [0, 0.1) is 0 Å². The van der Waals surface area contributed by atoms with E-state index in [1.54, 1.807) is 6.08 Å². The summed E-state index contributed by atoms with van der Waals surface area (Å²) < 4.78 is 43.5. The Kier molecular flexibility index (Phi) is 7.66. The van der Waals surface area contributed by atoms with Gasteiger partial charge in [0, 0.05) is 17.5 Å². The molecule has 0 atom stereocenters. The van der Waals surface area contributed by atoms with Crippen molar-refractivity contribution in [1.29, 1.82) is 0 Å². The van der Waals surface area contributed by atoms with E-state index in [0.29, 0.717) is 36.4 Å². The standard InChI is InChI=1S/C18H21F3N4OS/c1-3-9-26-14-8-6-5-7-13(14)10-23-17(22-4-2)24-11-16-25-15(12-27-16)18(19,20)21/h3,5-8,12H,1,4,9-11H2,2H3,(H2,22,23,24). The van der Waals surface area contributed by atoms with E-state index in [4.69, 9.17) is 4.74 Å². The molecule has 2 aromatic rings. The molecule has 0 unspecified atom stereocenters. The smallest absolute Gasteiger partial charge is 0.434 e. The average Bonchev–Trinajstić information content (AvgIpc) is 3.12. The lowest BCUT2D eigenvalue weighted by molar-refractivity contribution is -0.140. The van der Waals surface area contributed by atoms with Crippen LogP contribution in [-0.4, -0.2) is 24.1 Å². The minimum absolute atomic E-state index is 0.154. The first-order chi connectivity index (χ1) is 12.9. The van der Waals surface area contributed by atoms with Crippen molar-refractivity contribution >= 4 is 17.3 Å². The zero-order chi connectivity index (χ0) is 19.7. The van der Waals surface area contributed by atoms with Crippen LogP contribution in [0.3, 0.4) is 0 Å². The molecule has 5 nitrogen and oxygen atoms in total. The first kappa shape index (κ1) is 20.8. The highest BCUT2D eigenvalue weighted by molar-refractivity contribution is 7.09. The molecule has 0 aliphatic rings. The Balaban J connectivity index is 2.02. The van der Waals surface area contributed by atoms with Gasteiger partial charge in [-0.05, 0) is 13.0 Å². The lowest BCUT2D eigenvalue weighted by atomic mass is 10.2. The van der Waals surface area contributed by atoms with Crippen LogP contribution < -0.4 is 15.4 Å². The summed E-state index contributed by atoms with van der Waals surface area (Å²) >= 11 is 0.957. The van der Waals surface area contributed by atoms with Gasteiger partial charge in [0.2, 0.25) is 0 Å². The number of nitrogens with one attached hydrogen (secondary N) is 2. The molecule has 0 saturated carbocycles. The third-order valence-corrected chi connectivity index (χ3v) is 4.18. The van der Waals surface area contributed by atoms with Crippen LogP contribution >= 0.6 is 11.3 Å². The second-order valence-corrected chi connectivity index (χ2v) is 6.32. The Morgan fingerprint density at radius 1 is 1.33 bits per heavy atom. The molecule has 2 rings (SSSR count). The number of ether oxygens (including phenoxy) is 1. The Morgan fingerprint density at radius 2 is 2.11 bits per heavy atom. The molecule has 0 saturated heterocycles. The maximum atomic E-state index is 12.6. The van der Waals surface area contributed by atoms with Crippen LogP contribution in [0.5, 0.6) is 5.75 Å². The maximum Gasteiger partial charge on any atom is 0.434 e. The highest BCUT2D eigenvalue weighted by atomic mass is 32.1. The van der Waals surface area contributed by atoms with Crippen molar-refractivity contribution < 1.29 is 17.9 Å². The molecular formula is C18H21F3N4OS. The van der Waals surface area contributed by atoms with Gasteiger partial charge in [0.25, 0.3) is 0 Å². The fraction of sp³-hybridized carbons (Fsp3) is 0.333. The molecule has 0 aliphatic heterocycles. The zero-order valence-corrected chi connectivity index (χ0v) is 15.7. The number of thiazole rings is 1. The number of benzene rings is 1. The van der Waals surface area contributed by atoms with Gasteiger partial charge in [0.15, 0.2) is 11.7 Å². The average molecular weight is 398 g/mol. The van der Waals surface area contributed by atoms with Gasteiger partial charge in [-0.3, -0.25) is 0 Å². The Hall–Kier alpha value is -2.55. The number of alkyl halides is 3. The predicted octanol–water partition coefficient (Wildman–Crippen LogP) is 3.98. The second-order valence-electron chi connectivity index (χ2n) is 5.38. The molecule has 0 amide bonds. The first-order valence-corrected chi connectivity index (χ1v) is 9.17. The molecule has 0 fully saturated rings. The Bertz CT molecular complexity index is 774. The third-order valence-electron chi connectivity index (χ3n) is 3.33. The van der Waals surface area contributed by atoms with Gasteiger partial charge in [-0.1, -0.05) is 30.9 Å². The number of halogens is 3. The summed E-state index contributed by atoms with van der Waals surface area (Å²) in [6.45, 7) is 7.05. The normalized spacial score (nSPS) is 11.9. The molecule has 27 heavy (non-hydrogen) atoms. The molecule has 2 N–H and O–H groups in total. The molecule has 146 valence electrons. The van der Waals surface area contributed by atoms with Crippen LogP contribution in [0.15, 0.2) is 47.3 Å². The molecule has 1 aromatic carbocycles. The second kappa shape index (κ2) is 9.96. The molecule has 0 bridgehead atoms. The van der Waals surface area contributed by atoms with Gasteiger partial charge in [-0.25, -0.2) is 9.98 Å². The predicted molar refractivity (Wildman–Crippen MR) is 101 cm³/mol. The van der Waals surface area contributed by atoms with Gasteiger partial charge in [0.1, 0.15) is 17.4 Å². The van der Waals surface area contributed by atoms with Gasteiger partial charge < -0.3 is 15.4 Å². The quantitative estimate of drug-likeness (QED) is 0.401. The molecule has 1 aromatic heterocycles. The van der Waals surface area contributed by atoms with Crippen LogP contribution in [0.1, 0.15) is 23.2 Å². The number of hydrogen-bond donors (Lipinski definition) is 2. The maximum absolute atomic E-state index is 12.6. The van der Waals surface area contributed by atoms with E-state index in [9.17, 15) is 13.2 Å². The largest absolute Gasteiger partial charge is 0.489 e. The lowest BCUT2D eigenvalue weighted by Gasteiger charge is -2.12. The van der Waals surface area contributed by atoms with E-state index in [2.05, 4.69) is 27.2 Å². The highest BCUT2D eigenvalue weighted by Gasteiger charge is 2.33. The summed E-state index contributed by atoms with van der Waals surface area (Å²) in [5.41, 5.74) is 0.0182. The van der Waals surface area contributed by atoms with Crippen molar-refractivity contribution in [3.8, 4) is 5.75 Å². The summed E-state index contributed by atoms with van der Waals surface area (Å²) in [6.07, 6.45) is -2.77. The summed E-state index contributed by atoms with van der Waals surface area (Å²) in [7, 11) is 0. The minimum Gasteiger partial charge on any atom is -0.489 e. The number of rotatable bonds is 8. The molecule has 9 heteroatoms. The van der Waals surface area contributed by atoms with E-state index < -0.39 is 11.9 Å². The molecule has 1 heterocycles. The SMILES string of the molecule is C=CCOc1ccccc1CN=C(NCC)NCc1nc(C(F)(F)F)cs1. The third kappa shape index (κ3) is 6.59. The van der Waals surface area contributed by atoms with Crippen molar-refractivity contribution in [2.75, 3.05) is 13.2 Å². The van der Waals surface area contributed by atoms with Gasteiger partial charge >= 0.3 is 6.18 Å². The minimum atomic E-state index is -4.43. The van der Waals surface area contributed by atoms with Crippen LogP contribution in [0.4, 0.5) is 13.2 Å². The molecule has 0 radical (unpaired) electrons. The van der Waals surface area contributed by atoms with Crippen molar-refractivity contribution in [3.63, 3.8) is 0 Å². The highest BCUT2D eigenvalue weighted by Crippen LogP contribution is 2.29. The summed E-state index contributed by atoms with van der Waals surface area (Å²) in [5.74, 6) is 1.20. The van der Waals surface area contributed by atoms with Crippen LogP contribution in [-0.2, 0) is 19.3 Å². The fourth-order valence-corrected chi connectivity index (χ4v) is 2.85. The van der Waals surface area contributed by atoms with Crippen molar-refractivity contribution in [2.24, 2.45) is 4.99 Å². The monoisotopic (exact) mass is 398 g/mol. The molecule has 0 spiro atoms. The van der Waals surface area contributed by atoms with E-state index >= 15 is 0 Å². The Morgan fingerprint density at radius 3 is 2.78 bits per heavy atom. The number of hydrogen-bond acceptors (Lipinski definition) is 4. The van der Waals surface area contributed by atoms with Crippen LogP contribution in [0.25, 0.3) is 0 Å².